The molecule has 1 fully saturated rings. The number of hydrogen-bond donors (Lipinski definition) is 3. The lowest BCUT2D eigenvalue weighted by Gasteiger charge is -2.42. The second-order valence-electron chi connectivity index (χ2n) is 10.3. The van der Waals surface area contributed by atoms with Crippen LogP contribution in [-0.2, 0) is 19.2 Å². The molecule has 184 valence electrons. The fraction of sp³-hybridized carbons (Fsp3) is 0.680. The van der Waals surface area contributed by atoms with Crippen molar-refractivity contribution in [1.82, 2.24) is 15.5 Å². The Balaban J connectivity index is 3.29. The number of Topliss-reactive ketones (excluding diaryl/α,β-unsaturated/α-hetero) is 1. The average Bonchev–Trinajstić information content (AvgIpc) is 3.10. The van der Waals surface area contributed by atoms with Crippen molar-refractivity contribution in [3.05, 3.63) is 12.7 Å². The molecule has 4 atom stereocenters. The number of nitrogens with zero attached hydrogens (tertiary/aromatic N) is 1. The predicted molar refractivity (Wildman–Crippen MR) is 129 cm³/mol. The maximum Gasteiger partial charge on any atom is 0.289 e. The quantitative estimate of drug-likeness (QED) is 0.258. The molecule has 8 nitrogen and oxygen atoms in total. The van der Waals surface area contributed by atoms with Crippen LogP contribution in [0.3, 0.4) is 0 Å². The summed E-state index contributed by atoms with van der Waals surface area (Å²) in [4.78, 5) is 53.6. The van der Waals surface area contributed by atoms with E-state index < -0.39 is 40.6 Å². The minimum Gasteiger partial charge on any atom is -0.346 e. The first kappa shape index (κ1) is 28.4. The summed E-state index contributed by atoms with van der Waals surface area (Å²) in [5, 5.41) is 5.17. The number of rotatable bonds is 10. The van der Waals surface area contributed by atoms with E-state index in [-0.39, 0.29) is 37.1 Å². The molecule has 8 heteroatoms. The molecule has 1 rings (SSSR count). The summed E-state index contributed by atoms with van der Waals surface area (Å²) in [5.41, 5.74) is 4.55. The first-order valence-corrected chi connectivity index (χ1v) is 11.5. The highest BCUT2D eigenvalue weighted by atomic mass is 16.2. The van der Waals surface area contributed by atoms with Crippen LogP contribution in [0, 0.1) is 29.6 Å². The van der Waals surface area contributed by atoms with Crippen LogP contribution < -0.4 is 16.4 Å². The molecule has 4 N–H and O–H groups in total. The molecule has 0 spiro atoms. The second-order valence-corrected chi connectivity index (χ2v) is 10.3. The van der Waals surface area contributed by atoms with Gasteiger partial charge in [-0.25, -0.2) is 0 Å². The maximum atomic E-state index is 13.7. The van der Waals surface area contributed by atoms with Crippen molar-refractivity contribution in [1.29, 1.82) is 0 Å². The summed E-state index contributed by atoms with van der Waals surface area (Å²) in [5.74, 6) is -0.00886. The van der Waals surface area contributed by atoms with Gasteiger partial charge in [0.05, 0.1) is 12.1 Å². The van der Waals surface area contributed by atoms with E-state index in [1.54, 1.807) is 11.8 Å². The van der Waals surface area contributed by atoms with Gasteiger partial charge < -0.3 is 21.3 Å². The van der Waals surface area contributed by atoms with Crippen molar-refractivity contribution in [3.8, 4) is 12.3 Å². The number of terminal acetylenes is 1. The number of nitrogens with two attached hydrogens (primary N) is 1. The van der Waals surface area contributed by atoms with Crippen LogP contribution in [0.2, 0.25) is 0 Å². The van der Waals surface area contributed by atoms with E-state index in [0.29, 0.717) is 13.0 Å². The zero-order chi connectivity index (χ0) is 25.6. The van der Waals surface area contributed by atoms with Crippen molar-refractivity contribution in [2.45, 2.75) is 78.4 Å². The fourth-order valence-corrected chi connectivity index (χ4v) is 4.34. The van der Waals surface area contributed by atoms with Gasteiger partial charge in [-0.15, -0.1) is 18.9 Å². The van der Waals surface area contributed by atoms with Gasteiger partial charge in [0.25, 0.3) is 5.91 Å². The van der Waals surface area contributed by atoms with Gasteiger partial charge in [0.1, 0.15) is 5.54 Å². The van der Waals surface area contributed by atoms with E-state index in [9.17, 15) is 19.2 Å². The van der Waals surface area contributed by atoms with E-state index in [1.807, 2.05) is 34.6 Å². The molecule has 0 radical (unpaired) electrons. The van der Waals surface area contributed by atoms with Crippen LogP contribution in [0.25, 0.3) is 0 Å². The number of carbonyl (C=O) groups is 4. The van der Waals surface area contributed by atoms with Crippen molar-refractivity contribution >= 4 is 23.5 Å². The zero-order valence-corrected chi connectivity index (χ0v) is 20.9. The summed E-state index contributed by atoms with van der Waals surface area (Å²) < 4.78 is 0. The number of likely N-dealkylation sites (tertiary alicyclic amines) is 1. The largest absolute Gasteiger partial charge is 0.346 e. The van der Waals surface area contributed by atoms with Gasteiger partial charge in [0.15, 0.2) is 0 Å². The summed E-state index contributed by atoms with van der Waals surface area (Å²) >= 11 is 0. The van der Waals surface area contributed by atoms with E-state index in [1.165, 1.54) is 6.08 Å². The van der Waals surface area contributed by atoms with E-state index in [4.69, 9.17) is 12.2 Å². The SMILES string of the molecule is C#CCCC(NC(=O)C1(C)[C@@H](C(C)C)CCN1C(=O)[C@@H](N)C(C)(C)C)C(=O)C(=O)NCC=C. The van der Waals surface area contributed by atoms with Gasteiger partial charge in [-0.2, -0.15) is 0 Å². The lowest BCUT2D eigenvalue weighted by Crippen LogP contribution is -2.65. The molecule has 0 saturated carbocycles. The average molecular weight is 461 g/mol. The lowest BCUT2D eigenvalue weighted by atomic mass is 9.77. The summed E-state index contributed by atoms with van der Waals surface area (Å²) in [7, 11) is 0. The van der Waals surface area contributed by atoms with Crippen LogP contribution in [0.5, 0.6) is 0 Å². The monoisotopic (exact) mass is 460 g/mol. The minimum absolute atomic E-state index is 0.0974. The highest BCUT2D eigenvalue weighted by Crippen LogP contribution is 2.41. The topological polar surface area (TPSA) is 122 Å². The third-order valence-electron chi connectivity index (χ3n) is 6.51. The number of carbonyl (C=O) groups excluding carboxylic acids is 4. The molecule has 1 aliphatic heterocycles. The molecule has 1 saturated heterocycles. The molecule has 1 aliphatic rings. The Kier molecular flexibility index (Phi) is 9.86. The molecule has 1 heterocycles. The Morgan fingerprint density at radius 3 is 2.39 bits per heavy atom. The first-order valence-electron chi connectivity index (χ1n) is 11.5. The van der Waals surface area contributed by atoms with Gasteiger partial charge in [-0.3, -0.25) is 19.2 Å². The number of nitrogens with one attached hydrogen (secondary N) is 2. The fourth-order valence-electron chi connectivity index (χ4n) is 4.34. The Morgan fingerprint density at radius 2 is 1.91 bits per heavy atom. The Hall–Kier alpha value is -2.66. The summed E-state index contributed by atoms with van der Waals surface area (Å²) in [6.45, 7) is 15.4. The smallest absolute Gasteiger partial charge is 0.289 e. The van der Waals surface area contributed by atoms with Crippen LogP contribution in [0.15, 0.2) is 12.7 Å². The van der Waals surface area contributed by atoms with Crippen molar-refractivity contribution in [2.75, 3.05) is 13.1 Å². The standard InChI is InChI=1S/C25H40N4O4/c1-9-11-12-18(19(30)21(31)27-14-10-2)28-23(33)25(8)17(16(3)4)13-15-29(25)22(32)20(26)24(5,6)7/h1,10,16-18,20H,2,11-15,26H2,3-8H3,(H,27,31)(H,28,33)/t17-,18?,20-,25?/m1/s1. The van der Waals surface area contributed by atoms with E-state index in [0.717, 1.165) is 0 Å². The molecule has 0 aromatic rings. The third-order valence-corrected chi connectivity index (χ3v) is 6.51. The van der Waals surface area contributed by atoms with Gasteiger partial charge in [0.2, 0.25) is 17.6 Å². The van der Waals surface area contributed by atoms with Crippen molar-refractivity contribution in [2.24, 2.45) is 23.0 Å². The highest BCUT2D eigenvalue weighted by molar-refractivity contribution is 6.38. The zero-order valence-electron chi connectivity index (χ0n) is 20.9. The molecule has 0 bridgehead atoms. The lowest BCUT2D eigenvalue weighted by molar-refractivity contribution is -0.150. The molecule has 0 aromatic heterocycles. The predicted octanol–water partition coefficient (Wildman–Crippen LogP) is 1.39. The van der Waals surface area contributed by atoms with E-state index in [2.05, 4.69) is 23.1 Å². The normalized spacial score (nSPS) is 22.3. The Labute approximate surface area is 198 Å². The molecular weight excluding hydrogens is 420 g/mol. The Morgan fingerprint density at radius 1 is 1.30 bits per heavy atom. The van der Waals surface area contributed by atoms with Gasteiger partial charge in [0, 0.05) is 19.5 Å². The van der Waals surface area contributed by atoms with Crippen LogP contribution in [0.1, 0.15) is 60.8 Å². The first-order chi connectivity index (χ1) is 15.2. The summed E-state index contributed by atoms with van der Waals surface area (Å²) in [6, 6.07) is -1.89. The molecule has 0 aliphatic carbocycles. The minimum atomic E-state index is -1.22. The van der Waals surface area contributed by atoms with Gasteiger partial charge in [-0.05, 0) is 37.0 Å². The van der Waals surface area contributed by atoms with Gasteiger partial charge in [-0.1, -0.05) is 40.7 Å². The van der Waals surface area contributed by atoms with Gasteiger partial charge >= 0.3 is 0 Å². The number of hydrogen-bond acceptors (Lipinski definition) is 5. The maximum absolute atomic E-state index is 13.7. The Bertz CT molecular complexity index is 808. The van der Waals surface area contributed by atoms with Crippen molar-refractivity contribution < 1.29 is 19.2 Å². The third kappa shape index (κ3) is 6.44. The highest BCUT2D eigenvalue weighted by Gasteiger charge is 2.55. The number of amides is 3. The second kappa shape index (κ2) is 11.5. The molecule has 0 aromatic carbocycles. The van der Waals surface area contributed by atoms with Crippen molar-refractivity contribution in [3.63, 3.8) is 0 Å². The van der Waals surface area contributed by atoms with E-state index >= 15 is 0 Å². The summed E-state index contributed by atoms with van der Waals surface area (Å²) in [6.07, 6.45) is 7.75. The molecule has 33 heavy (non-hydrogen) atoms. The molecule has 3 amide bonds. The molecular formula is C25H40N4O4. The number of ketones is 1. The van der Waals surface area contributed by atoms with Crippen LogP contribution in [0.4, 0.5) is 0 Å². The molecule has 2 unspecified atom stereocenters. The van der Waals surface area contributed by atoms with Crippen LogP contribution >= 0.6 is 0 Å². The van der Waals surface area contributed by atoms with Crippen LogP contribution in [-0.4, -0.2) is 59.1 Å².